The van der Waals surface area contributed by atoms with Crippen LogP contribution in [0.5, 0.6) is 0 Å². The number of imidazole rings is 1. The summed E-state index contributed by atoms with van der Waals surface area (Å²) in [4.78, 5) is 15.2. The second-order valence-corrected chi connectivity index (χ2v) is 6.42. The van der Waals surface area contributed by atoms with E-state index >= 15 is 0 Å². The number of carboxylic acid groups (broad SMARTS) is 1. The van der Waals surface area contributed by atoms with Gasteiger partial charge in [-0.2, -0.15) is 8.78 Å². The summed E-state index contributed by atoms with van der Waals surface area (Å²) in [6, 6.07) is 9.66. The van der Waals surface area contributed by atoms with Gasteiger partial charge in [0, 0.05) is 24.1 Å². The molecule has 0 radical (unpaired) electrons. The van der Waals surface area contributed by atoms with Crippen molar-refractivity contribution in [2.24, 2.45) is 0 Å². The highest BCUT2D eigenvalue weighted by Crippen LogP contribution is 2.32. The third-order valence-corrected chi connectivity index (χ3v) is 4.20. The van der Waals surface area contributed by atoms with Gasteiger partial charge in [0.1, 0.15) is 11.3 Å². The molecule has 25 heavy (non-hydrogen) atoms. The van der Waals surface area contributed by atoms with Crippen molar-refractivity contribution < 1.29 is 18.7 Å². The first-order chi connectivity index (χ1) is 11.7. The Bertz CT molecular complexity index is 960. The number of hydrogen-bond donors (Lipinski definition) is 1. The van der Waals surface area contributed by atoms with Crippen LogP contribution in [-0.2, 0) is 12.3 Å². The van der Waals surface area contributed by atoms with E-state index in [1.54, 1.807) is 35.6 Å². The van der Waals surface area contributed by atoms with Crippen LogP contribution in [0, 0.1) is 6.92 Å². The Balaban J connectivity index is 2.23. The first-order valence-corrected chi connectivity index (χ1v) is 7.92. The highest BCUT2D eigenvalue weighted by Gasteiger charge is 2.33. The molecule has 0 aliphatic carbocycles. The maximum Gasteiger partial charge on any atom is 0.335 e. The van der Waals surface area contributed by atoms with Crippen molar-refractivity contribution in [2.75, 3.05) is 0 Å². The zero-order chi connectivity index (χ0) is 18.4. The number of nitrogens with zero attached hydrogens (tertiary/aromatic N) is 2. The average Bonchev–Trinajstić information content (AvgIpc) is 2.89. The molecular formula is C18H15ClF2N2O2. The lowest BCUT2D eigenvalue weighted by Crippen LogP contribution is -2.12. The van der Waals surface area contributed by atoms with Crippen molar-refractivity contribution in [3.63, 3.8) is 0 Å². The van der Waals surface area contributed by atoms with Gasteiger partial charge in [0.15, 0.2) is 0 Å². The van der Waals surface area contributed by atoms with E-state index in [4.69, 9.17) is 16.7 Å². The monoisotopic (exact) mass is 364 g/mol. The molecule has 0 spiro atoms. The van der Waals surface area contributed by atoms with Crippen LogP contribution >= 0.6 is 11.6 Å². The van der Waals surface area contributed by atoms with Crippen molar-refractivity contribution in [3.05, 3.63) is 69.6 Å². The Morgan fingerprint density at radius 1 is 1.28 bits per heavy atom. The number of carboxylic acids is 1. The molecule has 0 bridgehead atoms. The lowest BCUT2D eigenvalue weighted by Gasteiger charge is -2.12. The highest BCUT2D eigenvalue weighted by molar-refractivity contribution is 6.30. The number of benzene rings is 1. The lowest BCUT2D eigenvalue weighted by molar-refractivity contribution is 0.0124. The molecule has 0 amide bonds. The van der Waals surface area contributed by atoms with Crippen LogP contribution in [0.25, 0.3) is 5.65 Å². The molecule has 0 saturated carbocycles. The molecule has 0 aliphatic rings. The fourth-order valence-electron chi connectivity index (χ4n) is 2.87. The van der Waals surface area contributed by atoms with E-state index in [9.17, 15) is 13.6 Å². The first kappa shape index (κ1) is 17.4. The average molecular weight is 365 g/mol. The van der Waals surface area contributed by atoms with Crippen molar-refractivity contribution in [3.8, 4) is 0 Å². The van der Waals surface area contributed by atoms with Crippen LogP contribution in [0.2, 0.25) is 5.02 Å². The smallest absolute Gasteiger partial charge is 0.335 e. The minimum absolute atomic E-state index is 0.0130. The number of alkyl halides is 2. The summed E-state index contributed by atoms with van der Waals surface area (Å²) in [7, 11) is 0. The Morgan fingerprint density at radius 3 is 2.48 bits per heavy atom. The van der Waals surface area contributed by atoms with E-state index in [-0.39, 0.29) is 23.3 Å². The third kappa shape index (κ3) is 3.35. The maximum atomic E-state index is 14.1. The topological polar surface area (TPSA) is 54.6 Å². The van der Waals surface area contributed by atoms with Gasteiger partial charge in [-0.1, -0.05) is 23.7 Å². The summed E-state index contributed by atoms with van der Waals surface area (Å²) in [6.45, 7) is 2.46. The van der Waals surface area contributed by atoms with Crippen LogP contribution in [0.3, 0.4) is 0 Å². The van der Waals surface area contributed by atoms with Crippen molar-refractivity contribution in [1.29, 1.82) is 0 Å². The number of halogens is 3. The Hall–Kier alpha value is -2.47. The van der Waals surface area contributed by atoms with E-state index in [1.165, 1.54) is 12.1 Å². The lowest BCUT2D eigenvalue weighted by atomic mass is 10.1. The predicted molar refractivity (Wildman–Crippen MR) is 90.7 cm³/mol. The molecule has 0 fully saturated rings. The molecule has 1 aromatic carbocycles. The molecule has 1 N–H and O–H groups in total. The number of pyridine rings is 1. The van der Waals surface area contributed by atoms with Crippen molar-refractivity contribution >= 4 is 23.2 Å². The number of aromatic carboxylic acids is 1. The molecular weight excluding hydrogens is 350 g/mol. The zero-order valence-electron chi connectivity index (χ0n) is 13.6. The third-order valence-electron chi connectivity index (χ3n) is 3.95. The summed E-state index contributed by atoms with van der Waals surface area (Å²) in [5.74, 6) is -4.28. The Labute approximate surface area is 147 Å². The van der Waals surface area contributed by atoms with Gasteiger partial charge in [-0.3, -0.25) is 0 Å². The largest absolute Gasteiger partial charge is 0.478 e. The molecule has 0 atom stereocenters. The van der Waals surface area contributed by atoms with Gasteiger partial charge in [-0.15, -0.1) is 0 Å². The molecule has 130 valence electrons. The number of aryl methyl sites for hydroxylation is 1. The number of aromatic nitrogens is 2. The van der Waals surface area contributed by atoms with Gasteiger partial charge in [-0.25, -0.2) is 9.78 Å². The summed E-state index contributed by atoms with van der Waals surface area (Å²) >= 11 is 5.87. The van der Waals surface area contributed by atoms with Gasteiger partial charge in [-0.05, 0) is 36.8 Å². The number of fused-ring (bicyclic) bond motifs is 1. The second kappa shape index (κ2) is 6.11. The predicted octanol–water partition coefficient (Wildman–Crippen LogP) is 4.70. The quantitative estimate of drug-likeness (QED) is 0.730. The number of rotatable bonds is 4. The molecule has 4 nitrogen and oxygen atoms in total. The molecule has 0 saturated heterocycles. The number of hydrogen-bond acceptors (Lipinski definition) is 2. The molecule has 0 unspecified atom stereocenters. The fraction of sp³-hybridized carbons (Fsp3) is 0.222. The van der Waals surface area contributed by atoms with E-state index in [1.807, 2.05) is 0 Å². The van der Waals surface area contributed by atoms with Crippen LogP contribution in [-0.4, -0.2) is 20.5 Å². The molecule has 3 aromatic rings. The van der Waals surface area contributed by atoms with Gasteiger partial charge in [0.2, 0.25) is 0 Å². The van der Waals surface area contributed by atoms with Gasteiger partial charge in [0.05, 0.1) is 11.3 Å². The molecule has 7 heteroatoms. The number of carbonyl (C=O) groups is 1. The van der Waals surface area contributed by atoms with Crippen LogP contribution in [0.15, 0.2) is 36.4 Å². The highest BCUT2D eigenvalue weighted by atomic mass is 35.5. The summed E-state index contributed by atoms with van der Waals surface area (Å²) in [5.41, 5.74) is 1.52. The summed E-state index contributed by atoms with van der Waals surface area (Å²) < 4.78 is 29.8. The van der Waals surface area contributed by atoms with E-state index in [0.717, 1.165) is 12.5 Å². The first-order valence-electron chi connectivity index (χ1n) is 7.55. The normalized spacial score (nSPS) is 11.9. The molecule has 3 rings (SSSR count). The SMILES string of the molecule is Cc1cc(C(=O)O)cc2nc(C(C)(F)F)c(Cc3ccc(Cl)cc3)n12. The van der Waals surface area contributed by atoms with Gasteiger partial charge in [0.25, 0.3) is 5.92 Å². The van der Waals surface area contributed by atoms with E-state index in [2.05, 4.69) is 4.98 Å². The van der Waals surface area contributed by atoms with E-state index < -0.39 is 11.9 Å². The fourth-order valence-corrected chi connectivity index (χ4v) is 2.99. The van der Waals surface area contributed by atoms with Gasteiger partial charge >= 0.3 is 5.97 Å². The minimum atomic E-state index is -3.15. The minimum Gasteiger partial charge on any atom is -0.478 e. The summed E-state index contributed by atoms with van der Waals surface area (Å²) in [5, 5.41) is 9.73. The maximum absolute atomic E-state index is 14.1. The van der Waals surface area contributed by atoms with Crippen molar-refractivity contribution in [2.45, 2.75) is 26.2 Å². The second-order valence-electron chi connectivity index (χ2n) is 5.98. The molecule has 2 heterocycles. The summed E-state index contributed by atoms with van der Waals surface area (Å²) in [6.07, 6.45) is 0.227. The van der Waals surface area contributed by atoms with Crippen molar-refractivity contribution in [1.82, 2.24) is 9.38 Å². The van der Waals surface area contributed by atoms with Crippen LogP contribution in [0.1, 0.15) is 39.9 Å². The Morgan fingerprint density at radius 2 is 1.92 bits per heavy atom. The van der Waals surface area contributed by atoms with Gasteiger partial charge < -0.3 is 9.51 Å². The molecule has 2 aromatic heterocycles. The van der Waals surface area contributed by atoms with E-state index in [0.29, 0.717) is 16.4 Å². The Kier molecular flexibility index (Phi) is 4.24. The van der Waals surface area contributed by atoms with Crippen LogP contribution < -0.4 is 0 Å². The molecule has 0 aliphatic heterocycles. The zero-order valence-corrected chi connectivity index (χ0v) is 14.3. The standard InChI is InChI=1S/C18H15ClF2N2O2/c1-10-7-12(17(24)25)9-15-22-16(18(2,20)21)14(23(10)15)8-11-3-5-13(19)6-4-11/h3-7,9H,8H2,1-2H3,(H,24,25). The van der Waals surface area contributed by atoms with Crippen LogP contribution in [0.4, 0.5) is 8.78 Å².